The predicted molar refractivity (Wildman–Crippen MR) is 104 cm³/mol. The zero-order chi connectivity index (χ0) is 19.6. The summed E-state index contributed by atoms with van der Waals surface area (Å²) < 4.78 is 15.3. The fraction of sp³-hybridized carbons (Fsp3) is 0.263. The third-order valence-corrected chi connectivity index (χ3v) is 5.02. The number of halogens is 1. The Kier molecular flexibility index (Phi) is 5.55. The molecule has 0 aliphatic heterocycles. The minimum atomic E-state index is -0.468. The third kappa shape index (κ3) is 4.51. The summed E-state index contributed by atoms with van der Waals surface area (Å²) in [6, 6.07) is 10.6. The van der Waals surface area contributed by atoms with Gasteiger partial charge in [-0.25, -0.2) is 4.39 Å². The topological polar surface area (TPSA) is 72.7 Å². The van der Waals surface area contributed by atoms with Crippen LogP contribution in [0.2, 0.25) is 0 Å². The van der Waals surface area contributed by atoms with Gasteiger partial charge in [-0.2, -0.15) is 4.68 Å². The lowest BCUT2D eigenvalue weighted by Crippen LogP contribution is -2.23. The molecule has 1 heterocycles. The monoisotopic (exact) mass is 385 g/mol. The Labute approximate surface area is 161 Å². The van der Waals surface area contributed by atoms with Crippen LogP contribution in [0, 0.1) is 26.6 Å². The highest BCUT2D eigenvalue weighted by atomic mass is 32.2. The van der Waals surface area contributed by atoms with Crippen LogP contribution in [0.15, 0.2) is 41.6 Å². The van der Waals surface area contributed by atoms with Crippen molar-refractivity contribution in [2.24, 2.45) is 0 Å². The highest BCUT2D eigenvalue weighted by molar-refractivity contribution is 8.00. The number of hydrogen-bond acceptors (Lipinski definition) is 5. The smallest absolute Gasteiger partial charge is 0.237 e. The van der Waals surface area contributed by atoms with Gasteiger partial charge in [0, 0.05) is 5.69 Å². The quantitative estimate of drug-likeness (QED) is 0.676. The molecule has 0 aliphatic carbocycles. The molecule has 0 fully saturated rings. The van der Waals surface area contributed by atoms with Gasteiger partial charge in [0.05, 0.1) is 10.9 Å². The number of hydrogen-bond donors (Lipinski definition) is 1. The molecule has 0 spiro atoms. The Morgan fingerprint density at radius 3 is 2.52 bits per heavy atom. The number of benzene rings is 2. The molecule has 1 amide bonds. The van der Waals surface area contributed by atoms with Crippen LogP contribution in [0.4, 0.5) is 10.1 Å². The summed E-state index contributed by atoms with van der Waals surface area (Å²) >= 11 is 1.24. The molecule has 140 valence electrons. The first-order valence-electron chi connectivity index (χ1n) is 8.44. The Morgan fingerprint density at radius 1 is 1.15 bits per heavy atom. The molecule has 8 heteroatoms. The number of thioether (sulfide) groups is 1. The van der Waals surface area contributed by atoms with Crippen molar-refractivity contribution >= 4 is 23.4 Å². The van der Waals surface area contributed by atoms with Crippen molar-refractivity contribution in [3.05, 3.63) is 58.9 Å². The maximum Gasteiger partial charge on any atom is 0.237 e. The fourth-order valence-corrected chi connectivity index (χ4v) is 3.42. The van der Waals surface area contributed by atoms with Gasteiger partial charge in [0.15, 0.2) is 0 Å². The molecule has 0 saturated heterocycles. The van der Waals surface area contributed by atoms with Crippen LogP contribution in [0.3, 0.4) is 0 Å². The van der Waals surface area contributed by atoms with E-state index >= 15 is 0 Å². The lowest BCUT2D eigenvalue weighted by molar-refractivity contribution is -0.115. The molecular weight excluding hydrogens is 365 g/mol. The molecule has 1 aromatic heterocycles. The van der Waals surface area contributed by atoms with E-state index in [1.807, 2.05) is 26.0 Å². The average Bonchev–Trinajstić information content (AvgIpc) is 3.05. The standard InChI is InChI=1S/C19H20FN5OS/c1-11-7-12(2)9-16(8-11)25-19(22-23-24-25)27-14(4)18(26)21-15-6-5-13(3)17(20)10-15/h5-10,14H,1-4H3,(H,21,26)/t14-/m1/s1. The minimum absolute atomic E-state index is 0.252. The molecule has 3 rings (SSSR count). The number of aryl methyl sites for hydroxylation is 3. The molecule has 0 saturated carbocycles. The first-order valence-corrected chi connectivity index (χ1v) is 9.32. The fourth-order valence-electron chi connectivity index (χ4n) is 2.61. The van der Waals surface area contributed by atoms with Crippen molar-refractivity contribution in [2.45, 2.75) is 38.1 Å². The number of amides is 1. The molecule has 1 N–H and O–H groups in total. The number of aromatic nitrogens is 4. The van der Waals surface area contributed by atoms with Gasteiger partial charge in [-0.05, 0) is 79.1 Å². The van der Waals surface area contributed by atoms with E-state index in [2.05, 4.69) is 26.9 Å². The van der Waals surface area contributed by atoms with E-state index in [0.717, 1.165) is 16.8 Å². The maximum absolute atomic E-state index is 13.7. The Balaban J connectivity index is 1.74. The number of tetrazole rings is 1. The van der Waals surface area contributed by atoms with Gasteiger partial charge in [0.1, 0.15) is 5.82 Å². The molecule has 0 unspecified atom stereocenters. The van der Waals surface area contributed by atoms with E-state index in [0.29, 0.717) is 16.4 Å². The van der Waals surface area contributed by atoms with Crippen LogP contribution in [0.1, 0.15) is 23.6 Å². The second-order valence-electron chi connectivity index (χ2n) is 6.43. The predicted octanol–water partition coefficient (Wildman–Crippen LogP) is 3.85. The largest absolute Gasteiger partial charge is 0.325 e. The lowest BCUT2D eigenvalue weighted by atomic mass is 10.1. The number of rotatable bonds is 5. The van der Waals surface area contributed by atoms with E-state index in [1.165, 1.54) is 17.8 Å². The van der Waals surface area contributed by atoms with Gasteiger partial charge in [-0.1, -0.05) is 23.9 Å². The second kappa shape index (κ2) is 7.87. The van der Waals surface area contributed by atoms with Crippen molar-refractivity contribution in [2.75, 3.05) is 5.32 Å². The maximum atomic E-state index is 13.7. The zero-order valence-electron chi connectivity index (χ0n) is 15.5. The van der Waals surface area contributed by atoms with Crippen molar-refractivity contribution < 1.29 is 9.18 Å². The Bertz CT molecular complexity index is 968. The van der Waals surface area contributed by atoms with E-state index in [9.17, 15) is 9.18 Å². The third-order valence-electron chi connectivity index (χ3n) is 3.98. The SMILES string of the molecule is Cc1cc(C)cc(-n2nnnc2S[C@H](C)C(=O)Nc2ccc(C)c(F)c2)c1. The van der Waals surface area contributed by atoms with Gasteiger partial charge < -0.3 is 5.32 Å². The molecule has 1 atom stereocenters. The summed E-state index contributed by atoms with van der Waals surface area (Å²) in [6.45, 7) is 7.44. The van der Waals surface area contributed by atoms with Crippen LogP contribution in [0.5, 0.6) is 0 Å². The van der Waals surface area contributed by atoms with Gasteiger partial charge >= 0.3 is 0 Å². The number of anilines is 1. The Morgan fingerprint density at radius 2 is 1.85 bits per heavy atom. The van der Waals surface area contributed by atoms with Crippen LogP contribution in [-0.4, -0.2) is 31.4 Å². The normalized spacial score (nSPS) is 12.0. The molecule has 3 aromatic rings. The van der Waals surface area contributed by atoms with Crippen LogP contribution in [-0.2, 0) is 4.79 Å². The summed E-state index contributed by atoms with van der Waals surface area (Å²) in [5.74, 6) is -0.606. The molecule has 27 heavy (non-hydrogen) atoms. The summed E-state index contributed by atoms with van der Waals surface area (Å²) in [5, 5.41) is 14.6. The first-order chi connectivity index (χ1) is 12.8. The van der Waals surface area contributed by atoms with E-state index in [4.69, 9.17) is 0 Å². The summed E-state index contributed by atoms with van der Waals surface area (Å²) in [5.41, 5.74) is 3.99. The first kappa shape index (κ1) is 19.0. The highest BCUT2D eigenvalue weighted by Crippen LogP contribution is 2.25. The summed E-state index contributed by atoms with van der Waals surface area (Å²) in [7, 11) is 0. The Hall–Kier alpha value is -2.74. The number of nitrogens with one attached hydrogen (secondary N) is 1. The van der Waals surface area contributed by atoms with Crippen LogP contribution < -0.4 is 5.32 Å². The van der Waals surface area contributed by atoms with E-state index in [-0.39, 0.29) is 11.7 Å². The number of carbonyl (C=O) groups excluding carboxylic acids is 1. The van der Waals surface area contributed by atoms with Crippen molar-refractivity contribution in [1.29, 1.82) is 0 Å². The number of carbonyl (C=O) groups is 1. The number of nitrogens with zero attached hydrogens (tertiary/aromatic N) is 4. The van der Waals surface area contributed by atoms with Crippen molar-refractivity contribution in [3.63, 3.8) is 0 Å². The molecule has 0 bridgehead atoms. The summed E-state index contributed by atoms with van der Waals surface area (Å²) in [4.78, 5) is 12.5. The van der Waals surface area contributed by atoms with Crippen molar-refractivity contribution in [3.8, 4) is 5.69 Å². The van der Waals surface area contributed by atoms with Gasteiger partial charge in [-0.3, -0.25) is 4.79 Å². The van der Waals surface area contributed by atoms with Crippen LogP contribution >= 0.6 is 11.8 Å². The van der Waals surface area contributed by atoms with Gasteiger partial charge in [-0.15, -0.1) is 5.10 Å². The lowest BCUT2D eigenvalue weighted by Gasteiger charge is -2.12. The van der Waals surface area contributed by atoms with Crippen LogP contribution in [0.25, 0.3) is 5.69 Å². The molecule has 6 nitrogen and oxygen atoms in total. The molecule has 2 aromatic carbocycles. The zero-order valence-corrected chi connectivity index (χ0v) is 16.3. The van der Waals surface area contributed by atoms with Crippen molar-refractivity contribution in [1.82, 2.24) is 20.2 Å². The average molecular weight is 385 g/mol. The highest BCUT2D eigenvalue weighted by Gasteiger charge is 2.20. The summed E-state index contributed by atoms with van der Waals surface area (Å²) in [6.07, 6.45) is 0. The molecule has 0 aliphatic rings. The van der Waals surface area contributed by atoms with Gasteiger partial charge in [0.2, 0.25) is 11.1 Å². The van der Waals surface area contributed by atoms with Gasteiger partial charge in [0.25, 0.3) is 0 Å². The molecule has 0 radical (unpaired) electrons. The molecular formula is C19H20FN5OS. The van der Waals surface area contributed by atoms with E-state index in [1.54, 1.807) is 30.7 Å². The second-order valence-corrected chi connectivity index (χ2v) is 7.74. The minimum Gasteiger partial charge on any atom is -0.325 e. The van der Waals surface area contributed by atoms with E-state index < -0.39 is 5.25 Å².